The molecule has 1 aromatic heterocycles. The molecular weight excluding hydrogens is 638 g/mol. The number of benzene rings is 3. The molecule has 4 aromatic rings. The maximum atomic E-state index is 13.6. The van der Waals surface area contributed by atoms with Gasteiger partial charge in [-0.1, -0.05) is 48.0 Å². The predicted molar refractivity (Wildman–Crippen MR) is 161 cm³/mol. The molecule has 0 saturated carbocycles. The summed E-state index contributed by atoms with van der Waals surface area (Å²) in [6.45, 7) is 0.217. The van der Waals surface area contributed by atoms with Crippen molar-refractivity contribution in [2.24, 2.45) is 0 Å². The molecule has 1 heterocycles. The molecule has 244 valence electrons. The van der Waals surface area contributed by atoms with E-state index in [1.165, 1.54) is 12.1 Å². The number of aromatic amines is 1. The van der Waals surface area contributed by atoms with Crippen molar-refractivity contribution >= 4 is 52.3 Å². The fourth-order valence-electron chi connectivity index (χ4n) is 4.04. The lowest BCUT2D eigenvalue weighted by molar-refractivity contribution is -0.192. The summed E-state index contributed by atoms with van der Waals surface area (Å²) in [6, 6.07) is 18.0. The Bertz CT molecular complexity index is 1660. The monoisotopic (exact) mass is 665 g/mol. The SMILES string of the molecule is O=C(O)C(F)(F)F.O=C(O)CC(NC(=O)CNC(=O)CCCNc1nc2ccccc2[nH]1)c1cccc(-c2ccc(F)c(Cl)c2)c1. The molecule has 0 fully saturated rings. The lowest BCUT2D eigenvalue weighted by Gasteiger charge is -2.19. The minimum absolute atomic E-state index is 0.0330. The van der Waals surface area contributed by atoms with Crippen molar-refractivity contribution in [2.75, 3.05) is 18.4 Å². The first-order valence-corrected chi connectivity index (χ1v) is 13.9. The number of nitrogens with zero attached hydrogens (tertiary/aromatic N) is 1. The summed E-state index contributed by atoms with van der Waals surface area (Å²) < 4.78 is 45.3. The molecule has 0 radical (unpaired) electrons. The zero-order valence-electron chi connectivity index (χ0n) is 23.8. The van der Waals surface area contributed by atoms with Crippen molar-refractivity contribution in [1.29, 1.82) is 0 Å². The Morgan fingerprint density at radius 2 is 1.63 bits per heavy atom. The quantitative estimate of drug-likeness (QED) is 0.0874. The van der Waals surface area contributed by atoms with Crippen molar-refractivity contribution < 1.29 is 47.0 Å². The summed E-state index contributed by atoms with van der Waals surface area (Å²) in [5.41, 5.74) is 3.63. The van der Waals surface area contributed by atoms with Crippen LogP contribution in [0.15, 0.2) is 66.7 Å². The Kier molecular flexibility index (Phi) is 12.4. The number of rotatable bonds is 12. The summed E-state index contributed by atoms with van der Waals surface area (Å²) in [4.78, 5) is 52.7. The van der Waals surface area contributed by atoms with Gasteiger partial charge in [0.1, 0.15) is 5.82 Å². The third-order valence-corrected chi connectivity index (χ3v) is 6.50. The van der Waals surface area contributed by atoms with E-state index in [0.29, 0.717) is 35.6 Å². The molecule has 4 rings (SSSR count). The molecule has 0 saturated heterocycles. The second-order valence-corrected chi connectivity index (χ2v) is 10.1. The average molecular weight is 666 g/mol. The van der Waals surface area contributed by atoms with E-state index in [9.17, 15) is 37.1 Å². The Labute approximate surface area is 264 Å². The van der Waals surface area contributed by atoms with Crippen LogP contribution in [0.3, 0.4) is 0 Å². The molecule has 0 spiro atoms. The normalized spacial score (nSPS) is 11.6. The highest BCUT2D eigenvalue weighted by molar-refractivity contribution is 6.31. The summed E-state index contributed by atoms with van der Waals surface area (Å²) in [6.07, 6.45) is -4.73. The van der Waals surface area contributed by atoms with Crippen molar-refractivity contribution in [3.8, 4) is 11.1 Å². The number of hydrogen-bond acceptors (Lipinski definition) is 6. The number of H-pyrrole nitrogens is 1. The van der Waals surface area contributed by atoms with Crippen LogP contribution in [0.1, 0.15) is 30.9 Å². The van der Waals surface area contributed by atoms with Crippen LogP contribution in [-0.2, 0) is 19.2 Å². The van der Waals surface area contributed by atoms with Gasteiger partial charge in [-0.3, -0.25) is 14.4 Å². The molecule has 46 heavy (non-hydrogen) atoms. The third-order valence-electron chi connectivity index (χ3n) is 6.21. The van der Waals surface area contributed by atoms with Gasteiger partial charge in [-0.15, -0.1) is 0 Å². The second kappa shape index (κ2) is 16.2. The molecule has 1 atom stereocenters. The first-order valence-electron chi connectivity index (χ1n) is 13.5. The first-order chi connectivity index (χ1) is 21.7. The number of fused-ring (bicyclic) bond motifs is 1. The van der Waals surface area contributed by atoms with Crippen LogP contribution in [0.5, 0.6) is 0 Å². The Hall–Kier alpha value is -5.18. The Morgan fingerprint density at radius 3 is 2.28 bits per heavy atom. The number of nitrogens with one attached hydrogen (secondary N) is 4. The van der Waals surface area contributed by atoms with E-state index in [4.69, 9.17) is 21.5 Å². The summed E-state index contributed by atoms with van der Waals surface area (Å²) in [7, 11) is 0. The van der Waals surface area contributed by atoms with E-state index in [-0.39, 0.29) is 30.3 Å². The van der Waals surface area contributed by atoms with Crippen LogP contribution in [0, 0.1) is 5.82 Å². The van der Waals surface area contributed by atoms with Crippen LogP contribution in [0.2, 0.25) is 5.02 Å². The largest absolute Gasteiger partial charge is 0.490 e. The van der Waals surface area contributed by atoms with Gasteiger partial charge in [0.05, 0.1) is 35.1 Å². The van der Waals surface area contributed by atoms with Crippen LogP contribution in [0.25, 0.3) is 22.2 Å². The molecule has 16 heteroatoms. The molecule has 0 aliphatic heterocycles. The molecule has 0 bridgehead atoms. The zero-order chi connectivity index (χ0) is 33.9. The fourth-order valence-corrected chi connectivity index (χ4v) is 4.22. The zero-order valence-corrected chi connectivity index (χ0v) is 24.6. The second-order valence-electron chi connectivity index (χ2n) is 9.68. The maximum Gasteiger partial charge on any atom is 0.490 e. The number of carboxylic acid groups (broad SMARTS) is 2. The van der Waals surface area contributed by atoms with Gasteiger partial charge in [-0.05, 0) is 53.4 Å². The number of carboxylic acids is 2. The van der Waals surface area contributed by atoms with Crippen LogP contribution in [0.4, 0.5) is 23.5 Å². The van der Waals surface area contributed by atoms with Gasteiger partial charge < -0.3 is 31.1 Å². The Balaban J connectivity index is 0.000000738. The highest BCUT2D eigenvalue weighted by Gasteiger charge is 2.38. The number of imidazole rings is 1. The van der Waals surface area contributed by atoms with Gasteiger partial charge in [-0.25, -0.2) is 14.2 Å². The smallest absolute Gasteiger partial charge is 0.481 e. The van der Waals surface area contributed by atoms with Crippen molar-refractivity contribution in [2.45, 2.75) is 31.5 Å². The number of hydrogen-bond donors (Lipinski definition) is 6. The van der Waals surface area contributed by atoms with E-state index >= 15 is 0 Å². The van der Waals surface area contributed by atoms with E-state index in [1.807, 2.05) is 24.3 Å². The minimum atomic E-state index is -5.08. The molecule has 11 nitrogen and oxygen atoms in total. The molecule has 6 N–H and O–H groups in total. The number of carbonyl (C=O) groups is 4. The summed E-state index contributed by atoms with van der Waals surface area (Å²) in [5.74, 6) is -4.61. The number of carbonyl (C=O) groups excluding carboxylic acids is 2. The summed E-state index contributed by atoms with van der Waals surface area (Å²) >= 11 is 5.90. The van der Waals surface area contributed by atoms with E-state index < -0.39 is 35.9 Å². The summed E-state index contributed by atoms with van der Waals surface area (Å²) in [5, 5.41) is 24.8. The van der Waals surface area contributed by atoms with Crippen molar-refractivity contribution in [1.82, 2.24) is 20.6 Å². The lowest BCUT2D eigenvalue weighted by atomic mass is 9.97. The number of alkyl halides is 3. The lowest BCUT2D eigenvalue weighted by Crippen LogP contribution is -2.39. The molecule has 0 aliphatic carbocycles. The average Bonchev–Trinajstić information content (AvgIpc) is 3.42. The number of aromatic nitrogens is 2. The topological polar surface area (TPSA) is 174 Å². The maximum absolute atomic E-state index is 13.6. The van der Waals surface area contributed by atoms with Gasteiger partial charge in [0, 0.05) is 13.0 Å². The number of halogens is 5. The third kappa shape index (κ3) is 11.1. The fraction of sp³-hybridized carbons (Fsp3) is 0.233. The number of anilines is 1. The highest BCUT2D eigenvalue weighted by Crippen LogP contribution is 2.28. The predicted octanol–water partition coefficient (Wildman–Crippen LogP) is 5.30. The van der Waals surface area contributed by atoms with Crippen LogP contribution in [-0.4, -0.2) is 63.2 Å². The van der Waals surface area contributed by atoms with Gasteiger partial charge in [-0.2, -0.15) is 13.2 Å². The van der Waals surface area contributed by atoms with Crippen LogP contribution >= 0.6 is 11.6 Å². The minimum Gasteiger partial charge on any atom is -0.481 e. The van der Waals surface area contributed by atoms with Gasteiger partial charge in [0.25, 0.3) is 0 Å². The number of aliphatic carboxylic acids is 2. The molecule has 1 unspecified atom stereocenters. The number of amides is 2. The molecule has 0 aliphatic rings. The van der Waals surface area contributed by atoms with Crippen molar-refractivity contribution in [3.05, 3.63) is 83.1 Å². The van der Waals surface area contributed by atoms with Gasteiger partial charge in [0.15, 0.2) is 0 Å². The van der Waals surface area contributed by atoms with E-state index in [1.54, 1.807) is 30.3 Å². The molecular formula is C30H28ClF4N5O6. The van der Waals surface area contributed by atoms with E-state index in [0.717, 1.165) is 11.0 Å². The van der Waals surface area contributed by atoms with Crippen LogP contribution < -0.4 is 16.0 Å². The molecule has 3 aromatic carbocycles. The highest BCUT2D eigenvalue weighted by atomic mass is 35.5. The van der Waals surface area contributed by atoms with Gasteiger partial charge >= 0.3 is 18.1 Å². The Morgan fingerprint density at radius 1 is 0.935 bits per heavy atom. The van der Waals surface area contributed by atoms with Crippen molar-refractivity contribution in [3.63, 3.8) is 0 Å². The van der Waals surface area contributed by atoms with E-state index in [2.05, 4.69) is 25.9 Å². The standard InChI is InChI=1S/C28H27ClFN5O4.C2HF3O2/c29-20-14-18(10-11-21(20)30)17-5-3-6-19(13-17)24(15-27(38)39)33-26(37)16-32-25(36)9-4-12-31-28-34-22-7-1-2-8-23(22)35-28;3-2(4,5)1(6)7/h1-3,5-8,10-11,13-14,24H,4,9,12,15-16H2,(H,32,36)(H,33,37)(H,38,39)(H2,31,34,35);(H,6,7). The number of para-hydroxylation sites is 2. The first kappa shape index (κ1) is 35.3. The van der Waals surface area contributed by atoms with Gasteiger partial charge in [0.2, 0.25) is 17.8 Å². The molecule has 2 amide bonds.